The first-order valence-corrected chi connectivity index (χ1v) is 7.50. The van der Waals surface area contributed by atoms with E-state index in [1.807, 2.05) is 0 Å². The fraction of sp³-hybridized carbons (Fsp3) is 0.455. The van der Waals surface area contributed by atoms with Crippen LogP contribution in [0.4, 0.5) is 0 Å². The standard InChI is InChI=1S/C11H14N4O5S/c1-4-19-11(16)9-5-15(21(17,18)14-7(9)2)6-10-12-8(3)20-13-10/h5H,4,6H2,1-3H3. The number of rotatable bonds is 4. The molecular weight excluding hydrogens is 300 g/mol. The highest BCUT2D eigenvalue weighted by Crippen LogP contribution is 2.19. The molecule has 9 nitrogen and oxygen atoms in total. The van der Waals surface area contributed by atoms with Crippen molar-refractivity contribution in [3.63, 3.8) is 0 Å². The van der Waals surface area contributed by atoms with Gasteiger partial charge >= 0.3 is 16.2 Å². The summed E-state index contributed by atoms with van der Waals surface area (Å²) in [5, 5.41) is 3.61. The molecule has 10 heteroatoms. The minimum atomic E-state index is -3.93. The monoisotopic (exact) mass is 314 g/mol. The summed E-state index contributed by atoms with van der Waals surface area (Å²) in [6.07, 6.45) is 1.17. The lowest BCUT2D eigenvalue weighted by molar-refractivity contribution is -0.137. The molecule has 0 amide bonds. The summed E-state index contributed by atoms with van der Waals surface area (Å²) in [4.78, 5) is 15.7. The number of esters is 1. The number of aromatic nitrogens is 2. The molecule has 0 N–H and O–H groups in total. The third-order valence-corrected chi connectivity index (χ3v) is 3.91. The van der Waals surface area contributed by atoms with Crippen LogP contribution in [0, 0.1) is 6.92 Å². The fourth-order valence-electron chi connectivity index (χ4n) is 1.66. The maximum atomic E-state index is 12.0. The van der Waals surface area contributed by atoms with Crippen molar-refractivity contribution in [2.24, 2.45) is 4.40 Å². The lowest BCUT2D eigenvalue weighted by atomic mass is 10.2. The van der Waals surface area contributed by atoms with Crippen LogP contribution in [-0.2, 0) is 26.3 Å². The number of ether oxygens (including phenoxy) is 1. The predicted molar refractivity (Wildman–Crippen MR) is 71.3 cm³/mol. The second-order valence-electron chi connectivity index (χ2n) is 4.19. The molecule has 114 valence electrons. The number of hydrogen-bond donors (Lipinski definition) is 0. The molecule has 2 heterocycles. The van der Waals surface area contributed by atoms with Crippen LogP contribution in [-0.4, -0.2) is 41.2 Å². The van der Waals surface area contributed by atoms with E-state index in [2.05, 4.69) is 14.5 Å². The molecule has 1 aliphatic heterocycles. The zero-order valence-corrected chi connectivity index (χ0v) is 12.5. The van der Waals surface area contributed by atoms with Gasteiger partial charge < -0.3 is 9.26 Å². The Bertz CT molecular complexity index is 719. The Balaban J connectivity index is 2.32. The highest BCUT2D eigenvalue weighted by atomic mass is 32.2. The van der Waals surface area contributed by atoms with Crippen molar-refractivity contribution in [2.45, 2.75) is 27.3 Å². The third-order valence-electron chi connectivity index (χ3n) is 2.57. The third kappa shape index (κ3) is 3.27. The van der Waals surface area contributed by atoms with E-state index in [0.717, 1.165) is 4.31 Å². The van der Waals surface area contributed by atoms with Crippen LogP contribution in [0.5, 0.6) is 0 Å². The van der Waals surface area contributed by atoms with Gasteiger partial charge in [0.05, 0.1) is 24.4 Å². The Morgan fingerprint density at radius 2 is 2.14 bits per heavy atom. The van der Waals surface area contributed by atoms with Gasteiger partial charge in [-0.05, 0) is 13.8 Å². The van der Waals surface area contributed by atoms with Gasteiger partial charge in [0.15, 0.2) is 5.82 Å². The summed E-state index contributed by atoms with van der Waals surface area (Å²) in [5.41, 5.74) is 0.154. The van der Waals surface area contributed by atoms with E-state index in [0.29, 0.717) is 5.89 Å². The molecule has 0 spiro atoms. The molecule has 21 heavy (non-hydrogen) atoms. The van der Waals surface area contributed by atoms with Crippen molar-refractivity contribution in [3.8, 4) is 0 Å². The molecule has 0 atom stereocenters. The lowest BCUT2D eigenvalue weighted by Crippen LogP contribution is -2.32. The predicted octanol–water partition coefficient (Wildman–Crippen LogP) is 0.346. The van der Waals surface area contributed by atoms with Crippen LogP contribution in [0.15, 0.2) is 20.7 Å². The maximum absolute atomic E-state index is 12.0. The average Bonchev–Trinajstić information content (AvgIpc) is 2.78. The molecule has 1 aliphatic rings. The minimum absolute atomic E-state index is 0.0758. The van der Waals surface area contributed by atoms with E-state index in [1.54, 1.807) is 13.8 Å². The summed E-state index contributed by atoms with van der Waals surface area (Å²) in [5.74, 6) is -0.151. The van der Waals surface area contributed by atoms with Gasteiger partial charge in [0.1, 0.15) is 0 Å². The number of aryl methyl sites for hydroxylation is 1. The number of carbonyl (C=O) groups is 1. The summed E-state index contributed by atoms with van der Waals surface area (Å²) in [6.45, 7) is 4.67. The minimum Gasteiger partial charge on any atom is -0.462 e. The molecule has 0 saturated carbocycles. The van der Waals surface area contributed by atoms with Gasteiger partial charge in [0, 0.05) is 13.1 Å². The quantitative estimate of drug-likeness (QED) is 0.736. The van der Waals surface area contributed by atoms with E-state index in [-0.39, 0.29) is 30.3 Å². The van der Waals surface area contributed by atoms with Crippen LogP contribution in [0.25, 0.3) is 0 Å². The smallest absolute Gasteiger partial charge is 0.344 e. The maximum Gasteiger partial charge on any atom is 0.344 e. The van der Waals surface area contributed by atoms with E-state index < -0.39 is 16.2 Å². The summed E-state index contributed by atoms with van der Waals surface area (Å²) in [7, 11) is -3.93. The second-order valence-corrected chi connectivity index (χ2v) is 5.74. The first-order chi connectivity index (χ1) is 9.83. The Hall–Kier alpha value is -2.23. The molecule has 0 aliphatic carbocycles. The second kappa shape index (κ2) is 5.64. The van der Waals surface area contributed by atoms with Gasteiger partial charge in [0.2, 0.25) is 5.89 Å². The van der Waals surface area contributed by atoms with Crippen LogP contribution in [0.2, 0.25) is 0 Å². The van der Waals surface area contributed by atoms with Crippen molar-refractivity contribution < 1.29 is 22.5 Å². The fourth-order valence-corrected chi connectivity index (χ4v) is 2.73. The normalized spacial score (nSPS) is 17.2. The molecule has 0 unspecified atom stereocenters. The first-order valence-electron chi connectivity index (χ1n) is 6.10. The summed E-state index contributed by atoms with van der Waals surface area (Å²) >= 11 is 0. The Morgan fingerprint density at radius 3 is 2.71 bits per heavy atom. The van der Waals surface area contributed by atoms with Crippen LogP contribution < -0.4 is 0 Å². The van der Waals surface area contributed by atoms with Gasteiger partial charge in [-0.3, -0.25) is 4.31 Å². The highest BCUT2D eigenvalue weighted by Gasteiger charge is 2.29. The molecule has 0 aromatic carbocycles. The Morgan fingerprint density at radius 1 is 1.43 bits per heavy atom. The van der Waals surface area contributed by atoms with Crippen molar-refractivity contribution in [3.05, 3.63) is 23.5 Å². The first kappa shape index (κ1) is 15.2. The van der Waals surface area contributed by atoms with Crippen LogP contribution in [0.3, 0.4) is 0 Å². The molecule has 1 aromatic rings. The molecule has 0 fully saturated rings. The van der Waals surface area contributed by atoms with Gasteiger partial charge in [-0.2, -0.15) is 13.4 Å². The Kier molecular flexibility index (Phi) is 4.07. The van der Waals surface area contributed by atoms with Gasteiger partial charge in [-0.15, -0.1) is 4.40 Å². The zero-order chi connectivity index (χ0) is 15.6. The molecule has 0 bridgehead atoms. The van der Waals surface area contributed by atoms with Crippen LogP contribution in [0.1, 0.15) is 25.6 Å². The summed E-state index contributed by atoms with van der Waals surface area (Å²) in [6, 6.07) is 0. The number of carbonyl (C=O) groups excluding carboxylic acids is 1. The highest BCUT2D eigenvalue weighted by molar-refractivity contribution is 7.88. The summed E-state index contributed by atoms with van der Waals surface area (Å²) < 4.78 is 38.0. The molecule has 1 aromatic heterocycles. The van der Waals surface area contributed by atoms with Gasteiger partial charge in [-0.1, -0.05) is 5.16 Å². The molecule has 0 radical (unpaired) electrons. The topological polar surface area (TPSA) is 115 Å². The van der Waals surface area contributed by atoms with Crippen molar-refractivity contribution in [1.29, 1.82) is 0 Å². The average molecular weight is 314 g/mol. The number of nitrogens with zero attached hydrogens (tertiary/aromatic N) is 4. The van der Waals surface area contributed by atoms with Crippen molar-refractivity contribution in [2.75, 3.05) is 6.61 Å². The van der Waals surface area contributed by atoms with Gasteiger partial charge in [-0.25, -0.2) is 4.79 Å². The van der Waals surface area contributed by atoms with Crippen LogP contribution >= 0.6 is 0 Å². The van der Waals surface area contributed by atoms with E-state index in [1.165, 1.54) is 13.1 Å². The van der Waals surface area contributed by atoms with E-state index in [9.17, 15) is 13.2 Å². The largest absolute Gasteiger partial charge is 0.462 e. The van der Waals surface area contributed by atoms with Crippen molar-refractivity contribution >= 4 is 21.9 Å². The zero-order valence-electron chi connectivity index (χ0n) is 11.7. The van der Waals surface area contributed by atoms with E-state index in [4.69, 9.17) is 9.26 Å². The molecule has 0 saturated heterocycles. The van der Waals surface area contributed by atoms with Crippen molar-refractivity contribution in [1.82, 2.24) is 14.4 Å². The van der Waals surface area contributed by atoms with E-state index >= 15 is 0 Å². The number of hydrogen-bond acceptors (Lipinski definition) is 7. The Labute approximate surface area is 121 Å². The lowest BCUT2D eigenvalue weighted by Gasteiger charge is -2.21. The van der Waals surface area contributed by atoms with Gasteiger partial charge in [0.25, 0.3) is 0 Å². The molecule has 2 rings (SSSR count). The molecular formula is C11H14N4O5S. The SMILES string of the molecule is CCOC(=O)C1=CN(Cc2noc(C)n2)S(=O)(=O)N=C1C.